The van der Waals surface area contributed by atoms with Gasteiger partial charge < -0.3 is 5.11 Å². The molecule has 0 amide bonds. The summed E-state index contributed by atoms with van der Waals surface area (Å²) in [4.78, 5) is 3.75. The van der Waals surface area contributed by atoms with E-state index in [1.165, 1.54) is 12.1 Å². The molecule has 0 fully saturated rings. The first-order valence-corrected chi connectivity index (χ1v) is 6.70. The molecule has 1 aromatic heterocycles. The smallest absolute Gasteiger partial charge is 0.392 e. The van der Waals surface area contributed by atoms with Crippen molar-refractivity contribution < 1.29 is 18.3 Å². The lowest BCUT2D eigenvalue weighted by molar-refractivity contribution is -0.137. The number of hydrogen-bond donors (Lipinski definition) is 1. The molecule has 1 aromatic carbocycles. The Labute approximate surface area is 133 Å². The van der Waals surface area contributed by atoms with Gasteiger partial charge in [0, 0.05) is 17.3 Å². The van der Waals surface area contributed by atoms with Crippen LogP contribution in [-0.2, 0) is 12.8 Å². The molecule has 0 spiro atoms. The van der Waals surface area contributed by atoms with Crippen molar-refractivity contribution in [1.82, 2.24) is 4.98 Å². The summed E-state index contributed by atoms with van der Waals surface area (Å²) in [5, 5.41) is 9.62. The monoisotopic (exact) mass is 355 g/mol. The van der Waals surface area contributed by atoms with Crippen LogP contribution in [0.25, 0.3) is 11.3 Å². The van der Waals surface area contributed by atoms with Crippen LogP contribution in [0.15, 0.2) is 24.4 Å². The third kappa shape index (κ3) is 3.26. The second kappa shape index (κ2) is 6.01. The Kier molecular flexibility index (Phi) is 4.68. The second-order valence-corrected chi connectivity index (χ2v) is 5.27. The molecule has 1 N–H and O–H groups in total. The van der Waals surface area contributed by atoms with Crippen LogP contribution in [-0.4, -0.2) is 10.1 Å². The molecular formula is C13H7Cl3F3NO. The van der Waals surface area contributed by atoms with E-state index in [0.717, 1.165) is 6.07 Å². The Morgan fingerprint density at radius 1 is 1.10 bits per heavy atom. The van der Waals surface area contributed by atoms with Crippen LogP contribution >= 0.6 is 34.8 Å². The molecule has 21 heavy (non-hydrogen) atoms. The molecule has 2 rings (SSSR count). The van der Waals surface area contributed by atoms with Crippen molar-refractivity contribution in [3.05, 3.63) is 50.6 Å². The normalized spacial score (nSPS) is 11.8. The van der Waals surface area contributed by atoms with E-state index in [1.54, 1.807) is 0 Å². The van der Waals surface area contributed by atoms with Gasteiger partial charge >= 0.3 is 6.18 Å². The Morgan fingerprint density at radius 3 is 2.33 bits per heavy atom. The maximum absolute atomic E-state index is 12.6. The van der Waals surface area contributed by atoms with Gasteiger partial charge in [-0.05, 0) is 18.2 Å². The van der Waals surface area contributed by atoms with E-state index in [4.69, 9.17) is 34.8 Å². The van der Waals surface area contributed by atoms with Gasteiger partial charge in [0.2, 0.25) is 0 Å². The molecule has 0 saturated heterocycles. The number of halogens is 6. The van der Waals surface area contributed by atoms with Gasteiger partial charge in [-0.2, -0.15) is 13.2 Å². The fourth-order valence-electron chi connectivity index (χ4n) is 1.74. The number of nitrogens with zero attached hydrogens (tertiary/aromatic N) is 1. The van der Waals surface area contributed by atoms with Crippen molar-refractivity contribution in [2.75, 3.05) is 0 Å². The summed E-state index contributed by atoms with van der Waals surface area (Å²) < 4.78 is 37.9. The van der Waals surface area contributed by atoms with E-state index in [2.05, 4.69) is 4.98 Å². The van der Waals surface area contributed by atoms with Gasteiger partial charge in [0.15, 0.2) is 0 Å². The van der Waals surface area contributed by atoms with Gasteiger partial charge in [0.1, 0.15) is 0 Å². The van der Waals surface area contributed by atoms with Crippen molar-refractivity contribution in [3.63, 3.8) is 0 Å². The first kappa shape index (κ1) is 16.4. The van der Waals surface area contributed by atoms with Gasteiger partial charge in [-0.3, -0.25) is 4.98 Å². The largest absolute Gasteiger partial charge is 0.417 e. The van der Waals surface area contributed by atoms with Gasteiger partial charge in [0.25, 0.3) is 0 Å². The lowest BCUT2D eigenvalue weighted by Gasteiger charge is -2.13. The lowest BCUT2D eigenvalue weighted by Crippen LogP contribution is -2.07. The number of hydrogen-bond acceptors (Lipinski definition) is 2. The Balaban J connectivity index is 2.63. The number of aromatic nitrogens is 1. The molecule has 0 unspecified atom stereocenters. The minimum atomic E-state index is -4.54. The summed E-state index contributed by atoms with van der Waals surface area (Å²) in [6, 6.07) is 3.75. The summed E-state index contributed by atoms with van der Waals surface area (Å²) in [6.07, 6.45) is -3.87. The maximum Gasteiger partial charge on any atom is 0.417 e. The third-order valence-corrected chi connectivity index (χ3v) is 4.05. The summed E-state index contributed by atoms with van der Waals surface area (Å²) in [5.41, 5.74) is -0.547. The molecule has 0 atom stereocenters. The standard InChI is InChI=1S/C13H7Cl3F3NO/c14-9-2-1-8(10(15)11(9)16)12-6(5-21)3-7(4-20-12)13(17,18)19/h1-4,21H,5H2. The van der Waals surface area contributed by atoms with Crippen molar-refractivity contribution in [2.24, 2.45) is 0 Å². The van der Waals surface area contributed by atoms with Crippen LogP contribution in [0.2, 0.25) is 15.1 Å². The van der Waals surface area contributed by atoms with Gasteiger partial charge in [-0.15, -0.1) is 0 Å². The molecule has 0 aliphatic rings. The van der Waals surface area contributed by atoms with Gasteiger partial charge in [-0.25, -0.2) is 0 Å². The third-order valence-electron chi connectivity index (χ3n) is 2.75. The first-order chi connectivity index (χ1) is 9.75. The van der Waals surface area contributed by atoms with Crippen LogP contribution in [0, 0.1) is 0 Å². The number of benzene rings is 1. The number of pyridine rings is 1. The predicted octanol–water partition coefficient (Wildman–Crippen LogP) is 5.22. The number of aliphatic hydroxyl groups excluding tert-OH is 1. The van der Waals surface area contributed by atoms with Crippen LogP contribution < -0.4 is 0 Å². The molecule has 1 heterocycles. The van der Waals surface area contributed by atoms with Gasteiger partial charge in [-0.1, -0.05) is 34.8 Å². The highest BCUT2D eigenvalue weighted by Gasteiger charge is 2.32. The van der Waals surface area contributed by atoms with Crippen molar-refractivity contribution in [1.29, 1.82) is 0 Å². The SMILES string of the molecule is OCc1cc(C(F)(F)F)cnc1-c1ccc(Cl)c(Cl)c1Cl. The maximum atomic E-state index is 12.6. The summed E-state index contributed by atoms with van der Waals surface area (Å²) in [6.45, 7) is -0.622. The second-order valence-electron chi connectivity index (χ2n) is 4.11. The molecule has 0 saturated carbocycles. The van der Waals surface area contributed by atoms with Crippen LogP contribution in [0.1, 0.15) is 11.1 Å². The van der Waals surface area contributed by atoms with E-state index < -0.39 is 18.3 Å². The van der Waals surface area contributed by atoms with Crippen molar-refractivity contribution in [2.45, 2.75) is 12.8 Å². The Morgan fingerprint density at radius 2 is 1.76 bits per heavy atom. The van der Waals surface area contributed by atoms with E-state index in [9.17, 15) is 18.3 Å². The summed E-state index contributed by atoms with van der Waals surface area (Å²) in [5.74, 6) is 0. The van der Waals surface area contributed by atoms with Crippen LogP contribution in [0.5, 0.6) is 0 Å². The minimum absolute atomic E-state index is 0.00915. The highest BCUT2D eigenvalue weighted by atomic mass is 35.5. The van der Waals surface area contributed by atoms with Crippen molar-refractivity contribution in [3.8, 4) is 11.3 Å². The quantitative estimate of drug-likeness (QED) is 0.748. The molecule has 2 aromatic rings. The average molecular weight is 357 g/mol. The fraction of sp³-hybridized carbons (Fsp3) is 0.154. The molecular weight excluding hydrogens is 350 g/mol. The number of alkyl halides is 3. The number of aliphatic hydroxyl groups is 1. The molecule has 8 heteroatoms. The fourth-order valence-corrected chi connectivity index (χ4v) is 2.36. The molecule has 0 bridgehead atoms. The lowest BCUT2D eigenvalue weighted by atomic mass is 10.0. The zero-order chi connectivity index (χ0) is 15.8. The zero-order valence-corrected chi connectivity index (χ0v) is 12.4. The summed E-state index contributed by atoms with van der Waals surface area (Å²) >= 11 is 17.7. The van der Waals surface area contributed by atoms with E-state index >= 15 is 0 Å². The molecule has 2 nitrogen and oxygen atoms in total. The number of rotatable bonds is 2. The minimum Gasteiger partial charge on any atom is -0.392 e. The van der Waals surface area contributed by atoms with E-state index in [-0.39, 0.29) is 26.3 Å². The topological polar surface area (TPSA) is 33.1 Å². The summed E-state index contributed by atoms with van der Waals surface area (Å²) in [7, 11) is 0. The average Bonchev–Trinajstić information content (AvgIpc) is 2.43. The van der Waals surface area contributed by atoms with E-state index in [1.807, 2.05) is 0 Å². The van der Waals surface area contributed by atoms with Crippen molar-refractivity contribution >= 4 is 34.8 Å². The Bertz CT molecular complexity index is 689. The molecule has 0 aliphatic heterocycles. The molecule has 112 valence electrons. The van der Waals surface area contributed by atoms with Gasteiger partial charge in [0.05, 0.1) is 32.9 Å². The highest BCUT2D eigenvalue weighted by Crippen LogP contribution is 2.39. The molecule has 0 aliphatic carbocycles. The highest BCUT2D eigenvalue weighted by molar-refractivity contribution is 6.49. The first-order valence-electron chi connectivity index (χ1n) is 5.56. The van der Waals surface area contributed by atoms with Crippen LogP contribution in [0.3, 0.4) is 0 Å². The predicted molar refractivity (Wildman–Crippen MR) is 75.6 cm³/mol. The van der Waals surface area contributed by atoms with E-state index in [0.29, 0.717) is 11.8 Å². The zero-order valence-electron chi connectivity index (χ0n) is 10.2. The molecule has 0 radical (unpaired) electrons. The Hall–Kier alpha value is -1.01. The van der Waals surface area contributed by atoms with Crippen LogP contribution in [0.4, 0.5) is 13.2 Å².